The first-order valence-corrected chi connectivity index (χ1v) is 7.41. The standard InChI is InChI=1S/C12H25N7O3/c1-2-17-6-8-18(9-7-17)11(20)10(13)4-3-5-15-12(14)16-19(21)22/h10H,2-9,13H2,1H3,(H3,14,15,16)/t10-/m0/s1. The molecule has 1 rings (SSSR count). The van der Waals surface area contributed by atoms with Gasteiger partial charge in [0, 0.05) is 32.7 Å². The molecule has 1 heterocycles. The molecule has 22 heavy (non-hydrogen) atoms. The van der Waals surface area contributed by atoms with Crippen molar-refractivity contribution >= 4 is 11.9 Å². The summed E-state index contributed by atoms with van der Waals surface area (Å²) in [5, 5.41) is 9.35. The Labute approximate surface area is 129 Å². The molecule has 1 fully saturated rings. The van der Waals surface area contributed by atoms with Crippen LogP contribution in [0.25, 0.3) is 0 Å². The highest BCUT2D eigenvalue weighted by atomic mass is 16.7. The van der Waals surface area contributed by atoms with Gasteiger partial charge in [0.1, 0.15) is 0 Å². The zero-order valence-electron chi connectivity index (χ0n) is 12.9. The number of aliphatic imine (C=N–C) groups is 1. The molecule has 0 spiro atoms. The second-order valence-corrected chi connectivity index (χ2v) is 5.14. The molecule has 1 atom stereocenters. The second-order valence-electron chi connectivity index (χ2n) is 5.14. The van der Waals surface area contributed by atoms with Crippen LogP contribution in [0.4, 0.5) is 0 Å². The van der Waals surface area contributed by atoms with Crippen LogP contribution in [0.3, 0.4) is 0 Å². The molecule has 1 aliphatic rings. The van der Waals surface area contributed by atoms with Crippen molar-refractivity contribution in [3.8, 4) is 0 Å². The molecule has 10 nitrogen and oxygen atoms in total. The molecule has 0 aromatic carbocycles. The van der Waals surface area contributed by atoms with E-state index in [4.69, 9.17) is 11.5 Å². The van der Waals surface area contributed by atoms with E-state index in [0.717, 1.165) is 19.6 Å². The van der Waals surface area contributed by atoms with E-state index in [1.165, 1.54) is 0 Å². The minimum atomic E-state index is -0.774. The van der Waals surface area contributed by atoms with Crippen LogP contribution in [0.5, 0.6) is 0 Å². The van der Waals surface area contributed by atoms with Gasteiger partial charge in [0.2, 0.25) is 5.91 Å². The van der Waals surface area contributed by atoms with Crippen LogP contribution in [-0.2, 0) is 4.79 Å². The van der Waals surface area contributed by atoms with E-state index in [0.29, 0.717) is 25.9 Å². The summed E-state index contributed by atoms with van der Waals surface area (Å²) in [6.07, 6.45) is 1.02. The minimum absolute atomic E-state index is 0.0453. The van der Waals surface area contributed by atoms with Crippen molar-refractivity contribution in [2.75, 3.05) is 39.3 Å². The average Bonchev–Trinajstić information content (AvgIpc) is 2.50. The average molecular weight is 315 g/mol. The molecule has 126 valence electrons. The van der Waals surface area contributed by atoms with Crippen molar-refractivity contribution in [3.05, 3.63) is 10.1 Å². The largest absolute Gasteiger partial charge is 0.365 e. The Kier molecular flexibility index (Phi) is 7.54. The first-order valence-electron chi connectivity index (χ1n) is 7.41. The number of rotatable bonds is 7. The normalized spacial score (nSPS) is 18.1. The monoisotopic (exact) mass is 315 g/mol. The summed E-state index contributed by atoms with van der Waals surface area (Å²) in [5.74, 6) is -0.295. The molecule has 1 aliphatic heterocycles. The highest BCUT2D eigenvalue weighted by molar-refractivity contribution is 5.81. The van der Waals surface area contributed by atoms with Crippen LogP contribution in [0, 0.1) is 10.1 Å². The summed E-state index contributed by atoms with van der Waals surface area (Å²) >= 11 is 0. The minimum Gasteiger partial charge on any atom is -0.365 e. The van der Waals surface area contributed by atoms with Crippen molar-refractivity contribution in [1.29, 1.82) is 0 Å². The molecule has 0 saturated carbocycles. The van der Waals surface area contributed by atoms with Gasteiger partial charge in [-0.15, -0.1) is 0 Å². The molecule has 5 N–H and O–H groups in total. The smallest absolute Gasteiger partial charge is 0.251 e. The van der Waals surface area contributed by atoms with Gasteiger partial charge < -0.3 is 21.3 Å². The Hall–Kier alpha value is -1.94. The first kappa shape index (κ1) is 18.1. The summed E-state index contributed by atoms with van der Waals surface area (Å²) in [6, 6.07) is -0.562. The summed E-state index contributed by atoms with van der Waals surface area (Å²) in [6.45, 7) is 6.55. The highest BCUT2D eigenvalue weighted by Crippen LogP contribution is 2.06. The van der Waals surface area contributed by atoms with Crippen molar-refractivity contribution < 1.29 is 9.83 Å². The summed E-state index contributed by atoms with van der Waals surface area (Å²) in [7, 11) is 0. The lowest BCUT2D eigenvalue weighted by atomic mass is 10.1. The Morgan fingerprint density at radius 3 is 2.59 bits per heavy atom. The molecule has 0 bridgehead atoms. The fourth-order valence-corrected chi connectivity index (χ4v) is 2.28. The lowest BCUT2D eigenvalue weighted by Crippen LogP contribution is -2.53. The number of nitrogens with two attached hydrogens (primary N) is 2. The molecular formula is C12H25N7O3. The number of hydrazine groups is 1. The highest BCUT2D eigenvalue weighted by Gasteiger charge is 2.24. The Balaban J connectivity index is 2.26. The number of carbonyl (C=O) groups excluding carboxylic acids is 1. The fourth-order valence-electron chi connectivity index (χ4n) is 2.28. The third kappa shape index (κ3) is 6.22. The molecular weight excluding hydrogens is 290 g/mol. The number of amides is 1. The molecule has 0 aliphatic carbocycles. The summed E-state index contributed by atoms with van der Waals surface area (Å²) in [4.78, 5) is 30.2. The van der Waals surface area contributed by atoms with Gasteiger partial charge in [-0.25, -0.2) is 15.1 Å². The zero-order chi connectivity index (χ0) is 16.5. The van der Waals surface area contributed by atoms with E-state index in [2.05, 4.69) is 16.8 Å². The summed E-state index contributed by atoms with van der Waals surface area (Å²) < 4.78 is 0. The third-order valence-corrected chi connectivity index (χ3v) is 3.61. The van der Waals surface area contributed by atoms with Gasteiger partial charge in [-0.3, -0.25) is 4.79 Å². The predicted octanol–water partition coefficient (Wildman–Crippen LogP) is -1.65. The predicted molar refractivity (Wildman–Crippen MR) is 82.5 cm³/mol. The maximum absolute atomic E-state index is 12.2. The lowest BCUT2D eigenvalue weighted by Gasteiger charge is -2.35. The van der Waals surface area contributed by atoms with Gasteiger partial charge in [0.15, 0.2) is 5.03 Å². The number of nitrogens with one attached hydrogen (secondary N) is 1. The molecule has 1 saturated heterocycles. The maximum atomic E-state index is 12.2. The maximum Gasteiger partial charge on any atom is 0.251 e. The SMILES string of the molecule is CCN1CCN(C(=O)[C@@H](N)CCCN=C(N)N[N+](=O)[O-])CC1. The van der Waals surface area contributed by atoms with E-state index >= 15 is 0 Å². The Bertz CT molecular complexity index is 408. The van der Waals surface area contributed by atoms with Crippen molar-refractivity contribution in [3.63, 3.8) is 0 Å². The Morgan fingerprint density at radius 2 is 2.05 bits per heavy atom. The number of hydrogen-bond donors (Lipinski definition) is 3. The number of piperazine rings is 1. The molecule has 0 aromatic rings. The van der Waals surface area contributed by atoms with Crippen LogP contribution in [0.2, 0.25) is 0 Å². The van der Waals surface area contributed by atoms with E-state index in [1.54, 1.807) is 10.3 Å². The number of nitrogens with zero attached hydrogens (tertiary/aromatic N) is 4. The lowest BCUT2D eigenvalue weighted by molar-refractivity contribution is -0.525. The van der Waals surface area contributed by atoms with E-state index < -0.39 is 11.1 Å². The van der Waals surface area contributed by atoms with Crippen LogP contribution >= 0.6 is 0 Å². The fraction of sp³-hybridized carbons (Fsp3) is 0.833. The molecule has 0 radical (unpaired) electrons. The van der Waals surface area contributed by atoms with E-state index in [9.17, 15) is 14.9 Å². The second kappa shape index (κ2) is 9.15. The molecule has 0 aromatic heterocycles. The van der Waals surface area contributed by atoms with Gasteiger partial charge in [-0.1, -0.05) is 12.3 Å². The van der Waals surface area contributed by atoms with Crippen molar-refractivity contribution in [2.45, 2.75) is 25.8 Å². The third-order valence-electron chi connectivity index (χ3n) is 3.61. The van der Waals surface area contributed by atoms with Crippen LogP contribution < -0.4 is 16.9 Å². The van der Waals surface area contributed by atoms with Gasteiger partial charge in [0.25, 0.3) is 5.96 Å². The molecule has 1 amide bonds. The van der Waals surface area contributed by atoms with Crippen LogP contribution in [-0.4, -0.2) is 72.0 Å². The number of hydrogen-bond acceptors (Lipinski definition) is 6. The topological polar surface area (TPSA) is 143 Å². The number of carbonyl (C=O) groups is 1. The van der Waals surface area contributed by atoms with Crippen molar-refractivity contribution in [1.82, 2.24) is 15.2 Å². The molecule has 10 heteroatoms. The first-order chi connectivity index (χ1) is 10.4. The Morgan fingerprint density at radius 1 is 1.41 bits per heavy atom. The number of guanidine groups is 1. The van der Waals surface area contributed by atoms with Crippen molar-refractivity contribution in [2.24, 2.45) is 16.5 Å². The van der Waals surface area contributed by atoms with Gasteiger partial charge in [0.05, 0.1) is 6.04 Å². The van der Waals surface area contributed by atoms with Crippen LogP contribution in [0.1, 0.15) is 19.8 Å². The number of likely N-dealkylation sites (N-methyl/N-ethyl adjacent to an activating group) is 1. The number of nitro groups is 1. The summed E-state index contributed by atoms with van der Waals surface area (Å²) in [5.41, 5.74) is 12.9. The van der Waals surface area contributed by atoms with Gasteiger partial charge in [-0.05, 0) is 19.4 Å². The van der Waals surface area contributed by atoms with E-state index in [1.807, 2.05) is 0 Å². The van der Waals surface area contributed by atoms with Crippen LogP contribution in [0.15, 0.2) is 4.99 Å². The van der Waals surface area contributed by atoms with Gasteiger partial charge in [-0.2, -0.15) is 0 Å². The van der Waals surface area contributed by atoms with Gasteiger partial charge >= 0.3 is 0 Å². The zero-order valence-corrected chi connectivity index (χ0v) is 12.9. The molecule has 0 unspecified atom stereocenters. The quantitative estimate of drug-likeness (QED) is 0.168. The van der Waals surface area contributed by atoms with E-state index in [-0.39, 0.29) is 18.4 Å².